The summed E-state index contributed by atoms with van der Waals surface area (Å²) in [5.41, 5.74) is 1.81. The van der Waals surface area contributed by atoms with Crippen LogP contribution in [-0.2, 0) is 4.79 Å². The van der Waals surface area contributed by atoms with E-state index in [0.29, 0.717) is 16.9 Å². The number of carbonyl (C=O) groups excluding carboxylic acids is 1. The Morgan fingerprint density at radius 2 is 1.59 bits per heavy atom. The number of ketones is 1. The zero-order chi connectivity index (χ0) is 20.9. The number of hydrogen-bond acceptors (Lipinski definition) is 5. The molecule has 3 nitrogen and oxygen atoms in total. The van der Waals surface area contributed by atoms with Crippen molar-refractivity contribution >= 4 is 41.0 Å². The Balaban J connectivity index is 1.93. The molecule has 1 heterocycles. The van der Waals surface area contributed by atoms with Gasteiger partial charge in [0.15, 0.2) is 5.78 Å². The van der Waals surface area contributed by atoms with E-state index in [1.54, 1.807) is 48.8 Å². The van der Waals surface area contributed by atoms with E-state index in [2.05, 4.69) is 4.74 Å². The number of allylic oxidation sites excluding steroid dienone is 1. The predicted octanol–water partition coefficient (Wildman–Crippen LogP) is 5.90. The van der Waals surface area contributed by atoms with Crippen LogP contribution in [-0.4, -0.2) is 35.3 Å². The van der Waals surface area contributed by atoms with Crippen LogP contribution in [0.3, 0.4) is 0 Å². The molecule has 0 radical (unpaired) electrons. The molecule has 29 heavy (non-hydrogen) atoms. The lowest BCUT2D eigenvalue weighted by Crippen LogP contribution is -2.19. The Morgan fingerprint density at radius 1 is 1.00 bits per heavy atom. The van der Waals surface area contributed by atoms with Crippen LogP contribution in [0.1, 0.15) is 17.5 Å². The van der Waals surface area contributed by atoms with Crippen LogP contribution in [0.15, 0.2) is 48.5 Å². The van der Waals surface area contributed by atoms with Crippen molar-refractivity contribution in [2.75, 3.05) is 18.6 Å². The standard InChI is InChI=1S/C21H19F3O3S2/c1-26-16-7-3-14(4-8-16)13-18(19(25)20-28-11-2-12-29-20)15-5-9-17(10-6-15)27-21(22,23)24/h3-10,13,20H,2,11-12H2,1H3/b18-13+. The smallest absolute Gasteiger partial charge is 0.497 e. The lowest BCUT2D eigenvalue weighted by atomic mass is 9.99. The molecule has 0 N–H and O–H groups in total. The summed E-state index contributed by atoms with van der Waals surface area (Å²) in [6.07, 6.45) is -1.94. The van der Waals surface area contributed by atoms with Crippen LogP contribution >= 0.6 is 23.5 Å². The third-order valence-electron chi connectivity index (χ3n) is 4.13. The third-order valence-corrected chi connectivity index (χ3v) is 7.03. The molecule has 0 spiro atoms. The van der Waals surface area contributed by atoms with Crippen molar-refractivity contribution in [3.8, 4) is 11.5 Å². The van der Waals surface area contributed by atoms with Crippen LogP contribution in [0, 0.1) is 0 Å². The molecule has 0 bridgehead atoms. The number of alkyl halides is 3. The second-order valence-corrected chi connectivity index (χ2v) is 8.92. The Kier molecular flexibility index (Phi) is 7.18. The molecule has 1 aliphatic rings. The zero-order valence-corrected chi connectivity index (χ0v) is 17.2. The number of Topliss-reactive ketones (excluding diaryl/α,β-unsaturated/α-hetero) is 1. The summed E-state index contributed by atoms with van der Waals surface area (Å²) >= 11 is 3.20. The lowest BCUT2D eigenvalue weighted by Gasteiger charge is -2.21. The molecule has 0 saturated carbocycles. The summed E-state index contributed by atoms with van der Waals surface area (Å²) in [4.78, 5) is 13.2. The average molecular weight is 441 g/mol. The molecule has 1 aliphatic heterocycles. The predicted molar refractivity (Wildman–Crippen MR) is 112 cm³/mol. The maximum Gasteiger partial charge on any atom is 0.573 e. The Hall–Kier alpha value is -2.06. The van der Waals surface area contributed by atoms with Crippen molar-refractivity contribution in [3.05, 3.63) is 59.7 Å². The third kappa shape index (κ3) is 6.21. The first-order chi connectivity index (χ1) is 13.9. The number of carbonyl (C=O) groups is 1. The number of hydrogen-bond donors (Lipinski definition) is 0. The van der Waals surface area contributed by atoms with E-state index < -0.39 is 6.36 Å². The van der Waals surface area contributed by atoms with E-state index in [9.17, 15) is 18.0 Å². The molecule has 2 aromatic carbocycles. The minimum Gasteiger partial charge on any atom is -0.497 e. The molecule has 154 valence electrons. The zero-order valence-electron chi connectivity index (χ0n) is 15.6. The molecule has 3 rings (SSSR count). The fraction of sp³-hybridized carbons (Fsp3) is 0.286. The Bertz CT molecular complexity index is 856. The van der Waals surface area contributed by atoms with Crippen molar-refractivity contribution in [2.24, 2.45) is 0 Å². The second-order valence-electron chi connectivity index (χ2n) is 6.19. The van der Waals surface area contributed by atoms with Gasteiger partial charge in [0.1, 0.15) is 16.1 Å². The van der Waals surface area contributed by atoms with Gasteiger partial charge < -0.3 is 9.47 Å². The second kappa shape index (κ2) is 9.63. The maximum absolute atomic E-state index is 13.2. The van der Waals surface area contributed by atoms with E-state index in [0.717, 1.165) is 23.5 Å². The van der Waals surface area contributed by atoms with Crippen molar-refractivity contribution in [3.63, 3.8) is 0 Å². The van der Waals surface area contributed by atoms with Gasteiger partial charge in [-0.3, -0.25) is 4.79 Å². The summed E-state index contributed by atoms with van der Waals surface area (Å²) in [6.45, 7) is 0. The molecule has 8 heteroatoms. The SMILES string of the molecule is COc1ccc(/C=C(/C(=O)C2SCCCS2)c2ccc(OC(F)(F)F)cc2)cc1. The summed E-state index contributed by atoms with van der Waals surface area (Å²) in [5.74, 6) is 2.16. The van der Waals surface area contributed by atoms with Gasteiger partial charge in [0.05, 0.1) is 7.11 Å². The van der Waals surface area contributed by atoms with Crippen molar-refractivity contribution in [1.29, 1.82) is 0 Å². The fourth-order valence-corrected chi connectivity index (χ4v) is 5.52. The van der Waals surface area contributed by atoms with Crippen molar-refractivity contribution in [2.45, 2.75) is 17.4 Å². The first kappa shape index (κ1) is 21.6. The molecule has 0 amide bonds. The lowest BCUT2D eigenvalue weighted by molar-refractivity contribution is -0.274. The molecule has 0 atom stereocenters. The molecular weight excluding hydrogens is 421 g/mol. The summed E-state index contributed by atoms with van der Waals surface area (Å²) < 4.78 is 46.1. The average Bonchev–Trinajstić information content (AvgIpc) is 2.72. The van der Waals surface area contributed by atoms with Crippen LogP contribution in [0.5, 0.6) is 11.5 Å². The van der Waals surface area contributed by atoms with E-state index in [1.165, 1.54) is 24.3 Å². The van der Waals surface area contributed by atoms with Gasteiger partial charge in [0.25, 0.3) is 0 Å². The van der Waals surface area contributed by atoms with E-state index in [4.69, 9.17) is 4.74 Å². The highest BCUT2D eigenvalue weighted by Crippen LogP contribution is 2.36. The Labute approximate surface area is 175 Å². The first-order valence-corrected chi connectivity index (χ1v) is 10.9. The van der Waals surface area contributed by atoms with E-state index in [1.807, 2.05) is 12.1 Å². The number of ether oxygens (including phenoxy) is 2. The molecule has 1 fully saturated rings. The molecule has 0 unspecified atom stereocenters. The topological polar surface area (TPSA) is 35.5 Å². The largest absolute Gasteiger partial charge is 0.573 e. The van der Waals surface area contributed by atoms with Crippen LogP contribution < -0.4 is 9.47 Å². The van der Waals surface area contributed by atoms with Crippen molar-refractivity contribution < 1.29 is 27.4 Å². The molecule has 1 saturated heterocycles. The molecular formula is C21H19F3O3S2. The maximum atomic E-state index is 13.2. The molecule has 0 aliphatic carbocycles. The normalized spacial score (nSPS) is 15.8. The highest BCUT2D eigenvalue weighted by molar-refractivity contribution is 8.18. The van der Waals surface area contributed by atoms with Gasteiger partial charge in [-0.1, -0.05) is 24.3 Å². The van der Waals surface area contributed by atoms with Gasteiger partial charge in [-0.25, -0.2) is 0 Å². The van der Waals surface area contributed by atoms with Crippen LogP contribution in [0.2, 0.25) is 0 Å². The number of benzene rings is 2. The minimum absolute atomic E-state index is 0.0417. The number of methoxy groups -OCH3 is 1. The Morgan fingerprint density at radius 3 is 2.14 bits per heavy atom. The highest BCUT2D eigenvalue weighted by Gasteiger charge is 2.31. The van der Waals surface area contributed by atoms with E-state index >= 15 is 0 Å². The van der Waals surface area contributed by atoms with Gasteiger partial charge >= 0.3 is 6.36 Å². The fourth-order valence-electron chi connectivity index (χ4n) is 2.77. The van der Waals surface area contributed by atoms with Crippen LogP contribution in [0.25, 0.3) is 11.6 Å². The number of thioether (sulfide) groups is 2. The van der Waals surface area contributed by atoms with Crippen molar-refractivity contribution in [1.82, 2.24) is 0 Å². The minimum atomic E-state index is -4.76. The van der Waals surface area contributed by atoms with E-state index in [-0.39, 0.29) is 16.1 Å². The summed E-state index contributed by atoms with van der Waals surface area (Å²) in [7, 11) is 1.57. The molecule has 2 aromatic rings. The monoisotopic (exact) mass is 440 g/mol. The highest BCUT2D eigenvalue weighted by atomic mass is 32.2. The van der Waals surface area contributed by atoms with Gasteiger partial charge in [-0.05, 0) is 59.4 Å². The molecule has 0 aromatic heterocycles. The first-order valence-electron chi connectivity index (χ1n) is 8.85. The summed E-state index contributed by atoms with van der Waals surface area (Å²) in [6, 6.07) is 12.6. The van der Waals surface area contributed by atoms with Gasteiger partial charge in [-0.15, -0.1) is 36.7 Å². The number of rotatable bonds is 6. The van der Waals surface area contributed by atoms with Gasteiger partial charge in [-0.2, -0.15) is 0 Å². The van der Waals surface area contributed by atoms with Gasteiger partial charge in [0, 0.05) is 5.57 Å². The number of halogens is 3. The summed E-state index contributed by atoms with van der Waals surface area (Å²) in [5, 5.41) is 0. The van der Waals surface area contributed by atoms with Gasteiger partial charge in [0.2, 0.25) is 0 Å². The quantitative estimate of drug-likeness (QED) is 0.413. The van der Waals surface area contributed by atoms with Crippen LogP contribution in [0.4, 0.5) is 13.2 Å².